The summed E-state index contributed by atoms with van der Waals surface area (Å²) in [6, 6.07) is 13.9. The van der Waals surface area contributed by atoms with Crippen molar-refractivity contribution < 1.29 is 9.53 Å². The summed E-state index contributed by atoms with van der Waals surface area (Å²) in [5, 5.41) is 7.13. The van der Waals surface area contributed by atoms with Gasteiger partial charge in [-0.3, -0.25) is 0 Å². The summed E-state index contributed by atoms with van der Waals surface area (Å²) in [6.07, 6.45) is 1.41. The second-order valence-corrected chi connectivity index (χ2v) is 6.02. The number of aromatic nitrogens is 2. The Morgan fingerprint density at radius 2 is 1.69 bits per heavy atom. The maximum Gasteiger partial charge on any atom is 0.339 e. The second kappa shape index (κ2) is 8.03. The molecule has 0 fully saturated rings. The average Bonchev–Trinajstić information content (AvgIpc) is 2.65. The third-order valence-corrected chi connectivity index (χ3v) is 4.19. The number of rotatable bonds is 5. The number of para-hydroxylation sites is 1. The van der Waals surface area contributed by atoms with Gasteiger partial charge >= 0.3 is 5.97 Å². The predicted octanol–water partition coefficient (Wildman–Crippen LogP) is 5.06. The number of anilines is 4. The molecule has 0 unspecified atom stereocenters. The Morgan fingerprint density at radius 1 is 0.962 bits per heavy atom. The maximum absolute atomic E-state index is 11.9. The molecule has 2 aromatic carbocycles. The highest BCUT2D eigenvalue weighted by atomic mass is 35.5. The van der Waals surface area contributed by atoms with Crippen molar-refractivity contribution in [2.24, 2.45) is 0 Å². The molecule has 3 aromatic rings. The number of esters is 1. The highest BCUT2D eigenvalue weighted by Gasteiger charge is 2.11. The van der Waals surface area contributed by atoms with E-state index in [1.165, 1.54) is 13.4 Å². The van der Waals surface area contributed by atoms with Crippen LogP contribution in [0.15, 0.2) is 54.9 Å². The molecule has 26 heavy (non-hydrogen) atoms. The number of hydrogen-bond donors (Lipinski definition) is 2. The van der Waals surface area contributed by atoms with Gasteiger partial charge in [0.05, 0.1) is 28.4 Å². The lowest BCUT2D eigenvalue weighted by Gasteiger charge is -2.11. The number of hydrogen-bond acceptors (Lipinski definition) is 6. The molecule has 132 valence electrons. The summed E-state index contributed by atoms with van der Waals surface area (Å²) >= 11 is 11.9. The van der Waals surface area contributed by atoms with Gasteiger partial charge < -0.3 is 15.4 Å². The smallest absolute Gasteiger partial charge is 0.339 e. The Morgan fingerprint density at radius 3 is 2.42 bits per heavy atom. The van der Waals surface area contributed by atoms with Gasteiger partial charge in [0.2, 0.25) is 0 Å². The van der Waals surface area contributed by atoms with Crippen LogP contribution in [0.5, 0.6) is 0 Å². The van der Waals surface area contributed by atoms with Crippen LogP contribution in [0.1, 0.15) is 10.4 Å². The van der Waals surface area contributed by atoms with Crippen LogP contribution in [0.2, 0.25) is 10.0 Å². The lowest BCUT2D eigenvalue weighted by Crippen LogP contribution is -2.06. The highest BCUT2D eigenvalue weighted by molar-refractivity contribution is 6.42. The molecule has 0 atom stereocenters. The van der Waals surface area contributed by atoms with Crippen molar-refractivity contribution in [2.45, 2.75) is 0 Å². The molecule has 0 amide bonds. The molecule has 3 rings (SSSR count). The molecule has 0 bridgehead atoms. The van der Waals surface area contributed by atoms with Crippen molar-refractivity contribution in [3.63, 3.8) is 0 Å². The molecule has 0 saturated carbocycles. The number of methoxy groups -OCH3 is 1. The van der Waals surface area contributed by atoms with Crippen LogP contribution in [0.4, 0.5) is 23.0 Å². The molecule has 6 nitrogen and oxygen atoms in total. The standard InChI is InChI=1S/C18H14Cl2N4O2/c1-26-18(25)12-4-2-3-5-15(12)24-17-9-16(21-10-22-17)23-11-6-7-13(19)14(20)8-11/h2-10H,1H3,(H2,21,22,23,24). The van der Waals surface area contributed by atoms with Crippen LogP contribution in [0.3, 0.4) is 0 Å². The fraction of sp³-hybridized carbons (Fsp3) is 0.0556. The lowest BCUT2D eigenvalue weighted by molar-refractivity contribution is 0.0602. The first-order valence-corrected chi connectivity index (χ1v) is 8.31. The van der Waals surface area contributed by atoms with Crippen LogP contribution in [-0.2, 0) is 4.74 Å². The van der Waals surface area contributed by atoms with E-state index in [4.69, 9.17) is 27.9 Å². The number of benzene rings is 2. The van der Waals surface area contributed by atoms with E-state index in [1.54, 1.807) is 42.5 Å². The van der Waals surface area contributed by atoms with Gasteiger partial charge in [-0.15, -0.1) is 0 Å². The zero-order chi connectivity index (χ0) is 18.5. The van der Waals surface area contributed by atoms with Gasteiger partial charge in [0.15, 0.2) is 0 Å². The first kappa shape index (κ1) is 18.0. The van der Waals surface area contributed by atoms with Gasteiger partial charge in [-0.05, 0) is 30.3 Å². The molecular formula is C18H14Cl2N4O2. The predicted molar refractivity (Wildman–Crippen MR) is 103 cm³/mol. The molecule has 0 spiro atoms. The summed E-state index contributed by atoms with van der Waals surface area (Å²) in [4.78, 5) is 20.2. The van der Waals surface area contributed by atoms with E-state index >= 15 is 0 Å². The molecule has 1 aromatic heterocycles. The third kappa shape index (κ3) is 4.22. The first-order valence-electron chi connectivity index (χ1n) is 7.55. The van der Waals surface area contributed by atoms with Crippen molar-refractivity contribution in [2.75, 3.05) is 17.7 Å². The van der Waals surface area contributed by atoms with E-state index in [-0.39, 0.29) is 0 Å². The third-order valence-electron chi connectivity index (χ3n) is 3.45. The lowest BCUT2D eigenvalue weighted by atomic mass is 10.2. The van der Waals surface area contributed by atoms with Gasteiger partial charge in [0.25, 0.3) is 0 Å². The SMILES string of the molecule is COC(=O)c1ccccc1Nc1cc(Nc2ccc(Cl)c(Cl)c2)ncn1. The van der Waals surface area contributed by atoms with Crippen LogP contribution in [0, 0.1) is 0 Å². The number of halogens is 2. The van der Waals surface area contributed by atoms with E-state index in [2.05, 4.69) is 20.6 Å². The van der Waals surface area contributed by atoms with Crippen LogP contribution >= 0.6 is 23.2 Å². The quantitative estimate of drug-likeness (QED) is 0.595. The van der Waals surface area contributed by atoms with Gasteiger partial charge in [0.1, 0.15) is 18.0 Å². The largest absolute Gasteiger partial charge is 0.465 e. The molecule has 0 aliphatic carbocycles. The van der Waals surface area contributed by atoms with Gasteiger partial charge in [0, 0.05) is 11.8 Å². The monoisotopic (exact) mass is 388 g/mol. The molecule has 0 aliphatic heterocycles. The van der Waals surface area contributed by atoms with Crippen molar-refractivity contribution in [3.05, 3.63) is 70.5 Å². The summed E-state index contributed by atoms with van der Waals surface area (Å²) in [7, 11) is 1.34. The number of nitrogens with one attached hydrogen (secondary N) is 2. The van der Waals surface area contributed by atoms with Crippen molar-refractivity contribution in [1.29, 1.82) is 0 Å². The summed E-state index contributed by atoms with van der Waals surface area (Å²) in [5.74, 6) is 0.631. The topological polar surface area (TPSA) is 76.1 Å². The number of carbonyl (C=O) groups excluding carboxylic acids is 1. The summed E-state index contributed by atoms with van der Waals surface area (Å²) in [5.41, 5.74) is 1.73. The van der Waals surface area contributed by atoms with E-state index in [0.29, 0.717) is 32.9 Å². The van der Waals surface area contributed by atoms with Crippen LogP contribution in [0.25, 0.3) is 0 Å². The fourth-order valence-corrected chi connectivity index (χ4v) is 2.53. The minimum atomic E-state index is -0.434. The zero-order valence-corrected chi connectivity index (χ0v) is 15.2. The Bertz CT molecular complexity index is 950. The van der Waals surface area contributed by atoms with Gasteiger partial charge in [-0.25, -0.2) is 14.8 Å². The summed E-state index contributed by atoms with van der Waals surface area (Å²) in [6.45, 7) is 0. The Labute approximate surface area is 160 Å². The fourth-order valence-electron chi connectivity index (χ4n) is 2.23. The number of carbonyl (C=O) groups is 1. The molecule has 8 heteroatoms. The Hall–Kier alpha value is -2.83. The normalized spacial score (nSPS) is 10.3. The van der Waals surface area contributed by atoms with Crippen molar-refractivity contribution in [3.8, 4) is 0 Å². The molecule has 2 N–H and O–H groups in total. The van der Waals surface area contributed by atoms with Crippen LogP contribution in [-0.4, -0.2) is 23.0 Å². The highest BCUT2D eigenvalue weighted by Crippen LogP contribution is 2.27. The maximum atomic E-state index is 11.9. The van der Waals surface area contributed by atoms with Gasteiger partial charge in [-0.1, -0.05) is 35.3 Å². The Balaban J connectivity index is 1.82. The van der Waals surface area contributed by atoms with Crippen LogP contribution < -0.4 is 10.6 Å². The molecule has 0 aliphatic rings. The van der Waals surface area contributed by atoms with Crippen molar-refractivity contribution in [1.82, 2.24) is 9.97 Å². The second-order valence-electron chi connectivity index (χ2n) is 5.20. The molecule has 0 saturated heterocycles. The molecule has 0 radical (unpaired) electrons. The number of ether oxygens (including phenoxy) is 1. The number of nitrogens with zero attached hydrogens (tertiary/aromatic N) is 2. The van der Waals surface area contributed by atoms with E-state index in [1.807, 2.05) is 6.07 Å². The zero-order valence-electron chi connectivity index (χ0n) is 13.7. The minimum Gasteiger partial charge on any atom is -0.465 e. The minimum absolute atomic E-state index is 0.410. The van der Waals surface area contributed by atoms with E-state index in [0.717, 1.165) is 5.69 Å². The van der Waals surface area contributed by atoms with E-state index in [9.17, 15) is 4.79 Å². The van der Waals surface area contributed by atoms with E-state index < -0.39 is 5.97 Å². The Kier molecular flexibility index (Phi) is 5.55. The molecular weight excluding hydrogens is 375 g/mol. The average molecular weight is 389 g/mol. The first-order chi connectivity index (χ1) is 12.6. The molecule has 1 heterocycles. The van der Waals surface area contributed by atoms with Gasteiger partial charge in [-0.2, -0.15) is 0 Å². The van der Waals surface area contributed by atoms with Crippen molar-refractivity contribution >= 4 is 52.2 Å². The summed E-state index contributed by atoms with van der Waals surface area (Å²) < 4.78 is 4.79.